The Bertz CT molecular complexity index is 355. The van der Waals surface area contributed by atoms with Gasteiger partial charge in [-0.05, 0) is 31.7 Å². The molecule has 0 aliphatic heterocycles. The third kappa shape index (κ3) is 3.35. The van der Waals surface area contributed by atoms with Gasteiger partial charge in [-0.2, -0.15) is 13.2 Å². The predicted octanol–water partition coefficient (Wildman–Crippen LogP) is 3.81. The Balaban J connectivity index is 1.98. The van der Waals surface area contributed by atoms with Crippen molar-refractivity contribution in [3.63, 3.8) is 0 Å². The smallest absolute Gasteiger partial charge is 0.417 e. The normalized spacial score (nSPS) is 18.1. The largest absolute Gasteiger partial charge is 0.474 e. The van der Waals surface area contributed by atoms with E-state index in [2.05, 4.69) is 4.98 Å². The Labute approximate surface area is 97.8 Å². The zero-order valence-electron chi connectivity index (χ0n) is 9.33. The van der Waals surface area contributed by atoms with Gasteiger partial charge in [0.05, 0.1) is 5.56 Å². The lowest BCUT2D eigenvalue weighted by Gasteiger charge is -2.22. The molecule has 2 nitrogen and oxygen atoms in total. The van der Waals surface area contributed by atoms with Gasteiger partial charge >= 0.3 is 6.18 Å². The van der Waals surface area contributed by atoms with Crippen molar-refractivity contribution in [2.75, 3.05) is 0 Å². The van der Waals surface area contributed by atoms with E-state index < -0.39 is 11.7 Å². The molecule has 0 amide bonds. The maximum Gasteiger partial charge on any atom is 0.417 e. The second-order valence-corrected chi connectivity index (χ2v) is 4.26. The van der Waals surface area contributed by atoms with Crippen molar-refractivity contribution in [2.24, 2.45) is 0 Å². The van der Waals surface area contributed by atoms with Crippen molar-refractivity contribution in [2.45, 2.75) is 44.4 Å². The summed E-state index contributed by atoms with van der Waals surface area (Å²) >= 11 is 0. The lowest BCUT2D eigenvalue weighted by Crippen LogP contribution is -2.20. The van der Waals surface area contributed by atoms with Gasteiger partial charge in [-0.3, -0.25) is 0 Å². The van der Waals surface area contributed by atoms with Crippen LogP contribution in [0.1, 0.15) is 37.7 Å². The number of hydrogen-bond acceptors (Lipinski definition) is 2. The first kappa shape index (κ1) is 12.2. The van der Waals surface area contributed by atoms with Crippen molar-refractivity contribution < 1.29 is 17.9 Å². The third-order valence-corrected chi connectivity index (χ3v) is 2.90. The number of nitrogens with zero attached hydrogens (tertiary/aromatic N) is 1. The van der Waals surface area contributed by atoms with Crippen LogP contribution in [0.3, 0.4) is 0 Å². The van der Waals surface area contributed by atoms with Gasteiger partial charge in [0.1, 0.15) is 6.10 Å². The number of halogens is 3. The SMILES string of the molecule is FC(F)(F)c1ccc(OC2CCCCC2)nc1. The molecule has 94 valence electrons. The molecule has 0 saturated heterocycles. The standard InChI is InChI=1S/C12H14F3NO/c13-12(14,15)9-6-7-11(16-8-9)17-10-4-2-1-3-5-10/h6-8,10H,1-5H2. The van der Waals surface area contributed by atoms with Gasteiger partial charge in [0.15, 0.2) is 0 Å². The molecule has 1 aromatic rings. The highest BCUT2D eigenvalue weighted by atomic mass is 19.4. The van der Waals surface area contributed by atoms with Crippen LogP contribution in [0.5, 0.6) is 5.88 Å². The zero-order chi connectivity index (χ0) is 12.3. The predicted molar refractivity (Wildman–Crippen MR) is 56.7 cm³/mol. The van der Waals surface area contributed by atoms with E-state index in [4.69, 9.17) is 4.74 Å². The fourth-order valence-electron chi connectivity index (χ4n) is 1.97. The molecular formula is C12H14F3NO. The molecule has 0 aromatic carbocycles. The Hall–Kier alpha value is -1.26. The number of alkyl halides is 3. The van der Waals surface area contributed by atoms with Crippen LogP contribution >= 0.6 is 0 Å². The summed E-state index contributed by atoms with van der Waals surface area (Å²) in [6.45, 7) is 0. The third-order valence-electron chi connectivity index (χ3n) is 2.90. The first-order chi connectivity index (χ1) is 8.05. The van der Waals surface area contributed by atoms with Crippen molar-refractivity contribution in [3.8, 4) is 5.88 Å². The molecule has 0 N–H and O–H groups in total. The summed E-state index contributed by atoms with van der Waals surface area (Å²) in [7, 11) is 0. The molecule has 0 bridgehead atoms. The molecular weight excluding hydrogens is 231 g/mol. The number of ether oxygens (including phenoxy) is 1. The Kier molecular flexibility index (Phi) is 3.54. The summed E-state index contributed by atoms with van der Waals surface area (Å²) in [4.78, 5) is 3.70. The molecule has 2 rings (SSSR count). The highest BCUT2D eigenvalue weighted by Crippen LogP contribution is 2.29. The van der Waals surface area contributed by atoms with Crippen LogP contribution in [0.2, 0.25) is 0 Å². The molecule has 0 unspecified atom stereocenters. The van der Waals surface area contributed by atoms with E-state index in [0.717, 1.165) is 37.9 Å². The molecule has 1 saturated carbocycles. The number of pyridine rings is 1. The van der Waals surface area contributed by atoms with Crippen LogP contribution in [-0.2, 0) is 6.18 Å². The Morgan fingerprint density at radius 1 is 1.12 bits per heavy atom. The zero-order valence-corrected chi connectivity index (χ0v) is 9.33. The van der Waals surface area contributed by atoms with E-state index in [0.29, 0.717) is 0 Å². The fraction of sp³-hybridized carbons (Fsp3) is 0.583. The lowest BCUT2D eigenvalue weighted by molar-refractivity contribution is -0.137. The topological polar surface area (TPSA) is 22.1 Å². The average Bonchev–Trinajstić information content (AvgIpc) is 2.30. The summed E-state index contributed by atoms with van der Waals surface area (Å²) < 4.78 is 42.4. The second kappa shape index (κ2) is 4.94. The first-order valence-electron chi connectivity index (χ1n) is 5.75. The maximum absolute atomic E-state index is 12.3. The first-order valence-corrected chi connectivity index (χ1v) is 5.75. The van der Waals surface area contributed by atoms with E-state index in [1.54, 1.807) is 0 Å². The summed E-state index contributed by atoms with van der Waals surface area (Å²) in [5, 5.41) is 0. The van der Waals surface area contributed by atoms with Gasteiger partial charge in [0.25, 0.3) is 0 Å². The highest BCUT2D eigenvalue weighted by Gasteiger charge is 2.30. The lowest BCUT2D eigenvalue weighted by atomic mass is 9.98. The molecule has 0 radical (unpaired) electrons. The van der Waals surface area contributed by atoms with Gasteiger partial charge in [-0.1, -0.05) is 6.42 Å². The van der Waals surface area contributed by atoms with E-state index in [1.807, 2.05) is 0 Å². The molecule has 17 heavy (non-hydrogen) atoms. The number of rotatable bonds is 2. The Morgan fingerprint density at radius 3 is 2.35 bits per heavy atom. The van der Waals surface area contributed by atoms with E-state index in [9.17, 15) is 13.2 Å². The van der Waals surface area contributed by atoms with Gasteiger partial charge in [0.2, 0.25) is 5.88 Å². The second-order valence-electron chi connectivity index (χ2n) is 4.26. The molecule has 1 aromatic heterocycles. The molecule has 0 atom stereocenters. The Morgan fingerprint density at radius 2 is 1.82 bits per heavy atom. The van der Waals surface area contributed by atoms with Crippen molar-refractivity contribution >= 4 is 0 Å². The molecule has 1 aliphatic carbocycles. The van der Waals surface area contributed by atoms with Crippen molar-refractivity contribution in [3.05, 3.63) is 23.9 Å². The quantitative estimate of drug-likeness (QED) is 0.790. The minimum atomic E-state index is -4.34. The molecule has 5 heteroatoms. The minimum absolute atomic E-state index is 0.105. The molecule has 1 heterocycles. The van der Waals surface area contributed by atoms with Crippen molar-refractivity contribution in [1.29, 1.82) is 0 Å². The van der Waals surface area contributed by atoms with Crippen LogP contribution in [0.25, 0.3) is 0 Å². The van der Waals surface area contributed by atoms with Crippen LogP contribution in [-0.4, -0.2) is 11.1 Å². The minimum Gasteiger partial charge on any atom is -0.474 e. The summed E-state index contributed by atoms with van der Waals surface area (Å²) in [6, 6.07) is 2.29. The van der Waals surface area contributed by atoms with Crippen LogP contribution in [0.4, 0.5) is 13.2 Å². The molecule has 1 aliphatic rings. The summed E-state index contributed by atoms with van der Waals surface area (Å²) in [5.74, 6) is 0.282. The van der Waals surface area contributed by atoms with Gasteiger partial charge in [-0.15, -0.1) is 0 Å². The number of hydrogen-bond donors (Lipinski definition) is 0. The summed E-state index contributed by atoms with van der Waals surface area (Å²) in [6.07, 6.45) is 1.95. The summed E-state index contributed by atoms with van der Waals surface area (Å²) in [5.41, 5.74) is -0.742. The van der Waals surface area contributed by atoms with Crippen LogP contribution in [0, 0.1) is 0 Å². The monoisotopic (exact) mass is 245 g/mol. The van der Waals surface area contributed by atoms with Crippen molar-refractivity contribution in [1.82, 2.24) is 4.98 Å². The van der Waals surface area contributed by atoms with E-state index in [1.165, 1.54) is 12.5 Å². The van der Waals surface area contributed by atoms with Crippen LogP contribution < -0.4 is 4.74 Å². The fourth-order valence-corrected chi connectivity index (χ4v) is 1.97. The highest BCUT2D eigenvalue weighted by molar-refractivity contribution is 5.20. The number of aromatic nitrogens is 1. The molecule has 1 fully saturated rings. The van der Waals surface area contributed by atoms with Gasteiger partial charge in [-0.25, -0.2) is 4.98 Å². The van der Waals surface area contributed by atoms with E-state index >= 15 is 0 Å². The maximum atomic E-state index is 12.3. The van der Waals surface area contributed by atoms with E-state index in [-0.39, 0.29) is 12.0 Å². The molecule has 0 spiro atoms. The van der Waals surface area contributed by atoms with Crippen LogP contribution in [0.15, 0.2) is 18.3 Å². The van der Waals surface area contributed by atoms with Gasteiger partial charge in [0, 0.05) is 12.3 Å². The average molecular weight is 245 g/mol. The van der Waals surface area contributed by atoms with Gasteiger partial charge < -0.3 is 4.74 Å².